The van der Waals surface area contributed by atoms with Crippen LogP contribution in [0.1, 0.15) is 24.0 Å². The van der Waals surface area contributed by atoms with Crippen molar-refractivity contribution in [3.05, 3.63) is 16.1 Å². The van der Waals surface area contributed by atoms with Gasteiger partial charge < -0.3 is 5.11 Å². The van der Waals surface area contributed by atoms with Gasteiger partial charge in [0.05, 0.1) is 6.54 Å². The Bertz CT molecular complexity index is 420. The molecular weight excluding hydrogens is 269 g/mol. The van der Waals surface area contributed by atoms with Gasteiger partial charge in [-0.15, -0.1) is 11.3 Å². The quantitative estimate of drug-likeness (QED) is 0.901. The summed E-state index contributed by atoms with van der Waals surface area (Å²) in [5.74, 6) is -0.993. The first-order valence-corrected chi connectivity index (χ1v) is 6.08. The lowest BCUT2D eigenvalue weighted by molar-refractivity contribution is -0.143. The van der Waals surface area contributed by atoms with Crippen molar-refractivity contribution < 1.29 is 23.1 Å². The molecule has 0 aromatic carbocycles. The molecule has 1 N–H and O–H groups in total. The second kappa shape index (κ2) is 5.66. The fraction of sp³-hybridized carbons (Fsp3) is 0.600. The number of aromatic nitrogens is 1. The number of aliphatic carboxylic acids is 1. The van der Waals surface area contributed by atoms with Gasteiger partial charge >= 0.3 is 12.1 Å². The Hall–Kier alpha value is -1.15. The molecule has 4 nitrogen and oxygen atoms in total. The average Bonchev–Trinajstić information content (AvgIpc) is 2.65. The minimum atomic E-state index is -4.45. The van der Waals surface area contributed by atoms with Gasteiger partial charge in [-0.05, 0) is 13.5 Å². The molecule has 0 fully saturated rings. The molecule has 0 amide bonds. The molecule has 0 aliphatic heterocycles. The Morgan fingerprint density at radius 2 is 2.22 bits per heavy atom. The first kappa shape index (κ1) is 14.9. The molecule has 0 radical (unpaired) electrons. The topological polar surface area (TPSA) is 53.4 Å². The lowest BCUT2D eigenvalue weighted by Gasteiger charge is -2.22. The fourth-order valence-corrected chi connectivity index (χ4v) is 2.38. The SMILES string of the molecule is CCC(C(=O)O)N(C)Cc1nc(C(F)(F)F)cs1. The van der Waals surface area contributed by atoms with E-state index in [4.69, 9.17) is 5.11 Å². The van der Waals surface area contributed by atoms with Gasteiger partial charge in [-0.25, -0.2) is 4.98 Å². The predicted octanol–water partition coefficient (Wildman–Crippen LogP) is 2.46. The number of carbonyl (C=O) groups is 1. The number of hydrogen-bond donors (Lipinski definition) is 1. The van der Waals surface area contributed by atoms with Crippen molar-refractivity contribution in [2.75, 3.05) is 7.05 Å². The second-order valence-electron chi connectivity index (χ2n) is 3.80. The number of carboxylic acid groups (broad SMARTS) is 1. The van der Waals surface area contributed by atoms with Crippen LogP contribution in [0, 0.1) is 0 Å². The van der Waals surface area contributed by atoms with E-state index in [-0.39, 0.29) is 11.6 Å². The molecule has 102 valence electrons. The van der Waals surface area contributed by atoms with Crippen LogP contribution < -0.4 is 0 Å². The van der Waals surface area contributed by atoms with Gasteiger partial charge in [0.2, 0.25) is 0 Å². The molecule has 8 heteroatoms. The standard InChI is InChI=1S/C10H13F3N2O2S/c1-3-6(9(16)17)15(2)4-8-14-7(5-18-8)10(11,12)13/h5-6H,3-4H2,1-2H3,(H,16,17). The largest absolute Gasteiger partial charge is 0.480 e. The summed E-state index contributed by atoms with van der Waals surface area (Å²) < 4.78 is 37.0. The first-order valence-electron chi connectivity index (χ1n) is 5.20. The van der Waals surface area contributed by atoms with Crippen molar-refractivity contribution in [2.45, 2.75) is 32.1 Å². The van der Waals surface area contributed by atoms with Crippen LogP contribution in [0.2, 0.25) is 0 Å². The van der Waals surface area contributed by atoms with E-state index in [1.807, 2.05) is 0 Å². The van der Waals surface area contributed by atoms with Crippen LogP contribution in [-0.4, -0.2) is 34.0 Å². The third kappa shape index (κ3) is 3.67. The lowest BCUT2D eigenvalue weighted by atomic mass is 10.2. The van der Waals surface area contributed by atoms with Gasteiger partial charge in [-0.3, -0.25) is 9.69 Å². The van der Waals surface area contributed by atoms with Gasteiger partial charge in [0.25, 0.3) is 0 Å². The zero-order valence-electron chi connectivity index (χ0n) is 9.86. The second-order valence-corrected chi connectivity index (χ2v) is 4.74. The van der Waals surface area contributed by atoms with Crippen molar-refractivity contribution >= 4 is 17.3 Å². The molecule has 0 aliphatic carbocycles. The van der Waals surface area contributed by atoms with Gasteiger partial charge in [0.1, 0.15) is 11.0 Å². The Balaban J connectivity index is 2.73. The minimum absolute atomic E-state index is 0.0888. The van der Waals surface area contributed by atoms with Crippen molar-refractivity contribution in [1.29, 1.82) is 0 Å². The summed E-state index contributed by atoms with van der Waals surface area (Å²) in [6.07, 6.45) is -4.08. The molecule has 0 saturated heterocycles. The van der Waals surface area contributed by atoms with Crippen molar-refractivity contribution in [3.8, 4) is 0 Å². The lowest BCUT2D eigenvalue weighted by Crippen LogP contribution is -2.37. The van der Waals surface area contributed by atoms with E-state index in [2.05, 4.69) is 4.98 Å². The highest BCUT2D eigenvalue weighted by atomic mass is 32.1. The first-order chi connectivity index (χ1) is 8.25. The van der Waals surface area contributed by atoms with Crippen LogP contribution in [0.15, 0.2) is 5.38 Å². The van der Waals surface area contributed by atoms with E-state index < -0.39 is 23.9 Å². The minimum Gasteiger partial charge on any atom is -0.480 e. The molecule has 18 heavy (non-hydrogen) atoms. The molecule has 1 atom stereocenters. The van der Waals surface area contributed by atoms with E-state index in [0.717, 1.165) is 16.7 Å². The van der Waals surface area contributed by atoms with Crippen LogP contribution in [0.4, 0.5) is 13.2 Å². The molecule has 0 bridgehead atoms. The molecule has 0 aliphatic rings. The summed E-state index contributed by atoms with van der Waals surface area (Å²) in [7, 11) is 1.55. The summed E-state index contributed by atoms with van der Waals surface area (Å²) in [5, 5.41) is 10.1. The smallest absolute Gasteiger partial charge is 0.434 e. The van der Waals surface area contributed by atoms with Gasteiger partial charge in [-0.1, -0.05) is 6.92 Å². The number of hydrogen-bond acceptors (Lipinski definition) is 4. The molecule has 1 aromatic heterocycles. The van der Waals surface area contributed by atoms with Gasteiger partial charge in [-0.2, -0.15) is 13.2 Å². The van der Waals surface area contributed by atoms with Crippen LogP contribution in [-0.2, 0) is 17.5 Å². The normalized spacial score (nSPS) is 13.9. The van der Waals surface area contributed by atoms with Crippen molar-refractivity contribution in [3.63, 3.8) is 0 Å². The zero-order valence-corrected chi connectivity index (χ0v) is 10.7. The van der Waals surface area contributed by atoms with Gasteiger partial charge in [0, 0.05) is 5.38 Å². The summed E-state index contributed by atoms with van der Waals surface area (Å²) in [4.78, 5) is 15.8. The molecular formula is C10H13F3N2O2S. The van der Waals surface area contributed by atoms with Crippen LogP contribution in [0.3, 0.4) is 0 Å². The number of halogens is 3. The number of alkyl halides is 3. The Kier molecular flexibility index (Phi) is 4.69. The van der Waals surface area contributed by atoms with Crippen molar-refractivity contribution in [1.82, 2.24) is 9.88 Å². The van der Waals surface area contributed by atoms with E-state index >= 15 is 0 Å². The fourth-order valence-electron chi connectivity index (χ4n) is 1.51. The highest BCUT2D eigenvalue weighted by Crippen LogP contribution is 2.30. The third-order valence-corrected chi connectivity index (χ3v) is 3.26. The van der Waals surface area contributed by atoms with Crippen LogP contribution in [0.5, 0.6) is 0 Å². The summed E-state index contributed by atoms with van der Waals surface area (Å²) in [6, 6.07) is -0.719. The highest BCUT2D eigenvalue weighted by Gasteiger charge is 2.34. The number of thiazole rings is 1. The highest BCUT2D eigenvalue weighted by molar-refractivity contribution is 7.09. The summed E-state index contributed by atoms with van der Waals surface area (Å²) in [5.41, 5.74) is -0.931. The Morgan fingerprint density at radius 1 is 1.61 bits per heavy atom. The van der Waals surface area contributed by atoms with E-state index in [1.165, 1.54) is 4.90 Å². The Morgan fingerprint density at radius 3 is 2.61 bits per heavy atom. The van der Waals surface area contributed by atoms with Crippen LogP contribution >= 0.6 is 11.3 Å². The summed E-state index contributed by atoms with van der Waals surface area (Å²) in [6.45, 7) is 1.80. The number of likely N-dealkylation sites (N-methyl/N-ethyl adjacent to an activating group) is 1. The van der Waals surface area contributed by atoms with E-state index in [1.54, 1.807) is 14.0 Å². The number of nitrogens with zero attached hydrogens (tertiary/aromatic N) is 2. The maximum Gasteiger partial charge on any atom is 0.434 e. The molecule has 1 unspecified atom stereocenters. The number of rotatable bonds is 5. The molecule has 0 spiro atoms. The zero-order chi connectivity index (χ0) is 13.9. The van der Waals surface area contributed by atoms with Crippen LogP contribution in [0.25, 0.3) is 0 Å². The third-order valence-electron chi connectivity index (χ3n) is 2.43. The molecule has 0 saturated carbocycles. The Labute approximate surface area is 106 Å². The van der Waals surface area contributed by atoms with Crippen molar-refractivity contribution in [2.24, 2.45) is 0 Å². The molecule has 1 aromatic rings. The monoisotopic (exact) mass is 282 g/mol. The molecule has 1 rings (SSSR count). The maximum atomic E-state index is 12.3. The van der Waals surface area contributed by atoms with E-state index in [9.17, 15) is 18.0 Å². The van der Waals surface area contributed by atoms with E-state index in [0.29, 0.717) is 6.42 Å². The average molecular weight is 282 g/mol. The molecule has 1 heterocycles. The van der Waals surface area contributed by atoms with Gasteiger partial charge in [0.15, 0.2) is 5.69 Å². The maximum absolute atomic E-state index is 12.3. The predicted molar refractivity (Wildman–Crippen MR) is 60.3 cm³/mol. The number of carboxylic acids is 1. The summed E-state index contributed by atoms with van der Waals surface area (Å²) >= 11 is 0.879.